The monoisotopic (exact) mass is 237 g/mol. The van der Waals surface area contributed by atoms with Crippen LogP contribution in [0, 0.1) is 5.92 Å². The molecular formula is C10H23NO3S. The summed E-state index contributed by atoms with van der Waals surface area (Å²) in [5.74, 6) is 0.766. The highest BCUT2D eigenvalue weighted by Gasteiger charge is 2.13. The molecule has 0 aliphatic heterocycles. The molecule has 2 atom stereocenters. The van der Waals surface area contributed by atoms with Crippen molar-refractivity contribution in [1.29, 1.82) is 0 Å². The normalized spacial score (nSPS) is 16.3. The molecule has 2 unspecified atom stereocenters. The summed E-state index contributed by atoms with van der Waals surface area (Å²) < 4.78 is 22.6. The van der Waals surface area contributed by atoms with Gasteiger partial charge in [0.15, 0.2) is 9.84 Å². The Morgan fingerprint density at radius 3 is 2.40 bits per heavy atom. The fraction of sp³-hybridized carbons (Fsp3) is 1.00. The molecule has 0 saturated carbocycles. The molecule has 0 fully saturated rings. The van der Waals surface area contributed by atoms with Gasteiger partial charge in [-0.05, 0) is 25.8 Å². The zero-order chi connectivity index (χ0) is 11.9. The Kier molecular flexibility index (Phi) is 7.13. The van der Waals surface area contributed by atoms with Crippen LogP contribution >= 0.6 is 0 Å². The second-order valence-electron chi connectivity index (χ2n) is 4.13. The molecule has 0 aliphatic rings. The van der Waals surface area contributed by atoms with Crippen LogP contribution in [0.1, 0.15) is 27.2 Å². The maximum atomic E-state index is 11.3. The second kappa shape index (κ2) is 7.19. The number of hydrogen-bond donors (Lipinski definition) is 2. The summed E-state index contributed by atoms with van der Waals surface area (Å²) in [5.41, 5.74) is 0. The Balaban J connectivity index is 3.80. The molecule has 0 saturated heterocycles. The maximum Gasteiger partial charge on any atom is 0.151 e. The van der Waals surface area contributed by atoms with Crippen LogP contribution < -0.4 is 5.32 Å². The molecule has 0 amide bonds. The number of aliphatic hydroxyl groups excluding tert-OH is 1. The van der Waals surface area contributed by atoms with Gasteiger partial charge in [0, 0.05) is 18.4 Å². The molecule has 4 nitrogen and oxygen atoms in total. The van der Waals surface area contributed by atoms with E-state index in [1.165, 1.54) is 0 Å². The quantitative estimate of drug-likeness (QED) is 0.642. The zero-order valence-corrected chi connectivity index (χ0v) is 10.7. The first kappa shape index (κ1) is 14.9. The van der Waals surface area contributed by atoms with Gasteiger partial charge in [-0.25, -0.2) is 8.42 Å². The van der Waals surface area contributed by atoms with E-state index >= 15 is 0 Å². The minimum Gasteiger partial charge on any atom is -0.396 e. The lowest BCUT2D eigenvalue weighted by atomic mass is 10.1. The Hall–Kier alpha value is -0.130. The summed E-state index contributed by atoms with van der Waals surface area (Å²) >= 11 is 0. The van der Waals surface area contributed by atoms with Crippen molar-refractivity contribution in [3.05, 3.63) is 0 Å². The van der Waals surface area contributed by atoms with Crippen molar-refractivity contribution in [2.24, 2.45) is 5.92 Å². The lowest BCUT2D eigenvalue weighted by Crippen LogP contribution is -2.36. The van der Waals surface area contributed by atoms with E-state index in [2.05, 4.69) is 5.32 Å². The van der Waals surface area contributed by atoms with Crippen molar-refractivity contribution in [2.45, 2.75) is 33.2 Å². The van der Waals surface area contributed by atoms with Crippen LogP contribution in [0.5, 0.6) is 0 Å². The summed E-state index contributed by atoms with van der Waals surface area (Å²) in [5, 5.41) is 11.9. The first-order valence-electron chi connectivity index (χ1n) is 5.46. The molecule has 0 radical (unpaired) electrons. The van der Waals surface area contributed by atoms with Gasteiger partial charge in [-0.15, -0.1) is 0 Å². The van der Waals surface area contributed by atoms with Gasteiger partial charge in [0.05, 0.1) is 5.75 Å². The third-order valence-electron chi connectivity index (χ3n) is 2.38. The van der Waals surface area contributed by atoms with Gasteiger partial charge in [0.2, 0.25) is 0 Å². The number of nitrogens with one attached hydrogen (secondary N) is 1. The molecule has 0 aliphatic carbocycles. The molecule has 0 aromatic rings. The van der Waals surface area contributed by atoms with Crippen LogP contribution in [0.2, 0.25) is 0 Å². The molecule has 92 valence electrons. The smallest absolute Gasteiger partial charge is 0.151 e. The van der Waals surface area contributed by atoms with E-state index in [9.17, 15) is 8.42 Å². The van der Waals surface area contributed by atoms with Gasteiger partial charge in [-0.2, -0.15) is 0 Å². The zero-order valence-electron chi connectivity index (χ0n) is 9.86. The Bertz CT molecular complexity index is 251. The Morgan fingerprint density at radius 1 is 1.33 bits per heavy atom. The van der Waals surface area contributed by atoms with Crippen molar-refractivity contribution < 1.29 is 13.5 Å². The van der Waals surface area contributed by atoms with Gasteiger partial charge >= 0.3 is 0 Å². The molecule has 0 aromatic heterocycles. The van der Waals surface area contributed by atoms with E-state index < -0.39 is 9.84 Å². The van der Waals surface area contributed by atoms with E-state index in [4.69, 9.17) is 5.11 Å². The van der Waals surface area contributed by atoms with Gasteiger partial charge < -0.3 is 10.4 Å². The third-order valence-corrected chi connectivity index (χ3v) is 4.27. The highest BCUT2D eigenvalue weighted by molar-refractivity contribution is 7.91. The van der Waals surface area contributed by atoms with Crippen molar-refractivity contribution in [3.8, 4) is 0 Å². The first-order chi connectivity index (χ1) is 6.91. The van der Waals surface area contributed by atoms with Crippen LogP contribution in [0.4, 0.5) is 0 Å². The summed E-state index contributed by atoms with van der Waals surface area (Å²) in [6.07, 6.45) is 0.750. The molecule has 0 heterocycles. The van der Waals surface area contributed by atoms with Crippen LogP contribution in [-0.4, -0.2) is 44.2 Å². The lowest BCUT2D eigenvalue weighted by Gasteiger charge is -2.16. The summed E-state index contributed by atoms with van der Waals surface area (Å²) in [6.45, 7) is 6.50. The molecule has 0 aromatic carbocycles. The SMILES string of the molecule is CCS(=O)(=O)CC(C)NCC(C)CCO. The minimum absolute atomic E-state index is 0.0175. The van der Waals surface area contributed by atoms with E-state index in [0.29, 0.717) is 5.92 Å². The Morgan fingerprint density at radius 2 is 1.93 bits per heavy atom. The van der Waals surface area contributed by atoms with E-state index in [0.717, 1.165) is 13.0 Å². The fourth-order valence-electron chi connectivity index (χ4n) is 1.28. The molecule has 0 bridgehead atoms. The van der Waals surface area contributed by atoms with Crippen molar-refractivity contribution in [1.82, 2.24) is 5.32 Å². The third kappa shape index (κ3) is 7.76. The first-order valence-corrected chi connectivity index (χ1v) is 7.28. The summed E-state index contributed by atoms with van der Waals surface area (Å²) in [6, 6.07) is -0.0175. The van der Waals surface area contributed by atoms with Crippen molar-refractivity contribution in [2.75, 3.05) is 24.7 Å². The lowest BCUT2D eigenvalue weighted by molar-refractivity contribution is 0.258. The van der Waals surface area contributed by atoms with Crippen molar-refractivity contribution in [3.63, 3.8) is 0 Å². The molecule has 0 spiro atoms. The molecular weight excluding hydrogens is 214 g/mol. The molecule has 5 heteroatoms. The standard InChI is InChI=1S/C10H23NO3S/c1-4-15(13,14)8-10(3)11-7-9(2)5-6-12/h9-12H,4-8H2,1-3H3. The van der Waals surface area contributed by atoms with Gasteiger partial charge in [-0.3, -0.25) is 0 Å². The molecule has 2 N–H and O–H groups in total. The number of rotatable bonds is 8. The summed E-state index contributed by atoms with van der Waals surface area (Å²) in [4.78, 5) is 0. The highest BCUT2D eigenvalue weighted by Crippen LogP contribution is 2.00. The van der Waals surface area contributed by atoms with E-state index in [1.54, 1.807) is 6.92 Å². The topological polar surface area (TPSA) is 66.4 Å². The summed E-state index contributed by atoms with van der Waals surface area (Å²) in [7, 11) is -2.89. The van der Waals surface area contributed by atoms with E-state index in [-0.39, 0.29) is 24.2 Å². The molecule has 0 rings (SSSR count). The number of aliphatic hydroxyl groups is 1. The highest BCUT2D eigenvalue weighted by atomic mass is 32.2. The fourth-order valence-corrected chi connectivity index (χ4v) is 2.40. The Labute approximate surface area is 93.0 Å². The van der Waals surface area contributed by atoms with Gasteiger partial charge in [0.25, 0.3) is 0 Å². The number of sulfone groups is 1. The van der Waals surface area contributed by atoms with Crippen LogP contribution in [0.25, 0.3) is 0 Å². The predicted molar refractivity (Wildman–Crippen MR) is 62.7 cm³/mol. The average molecular weight is 237 g/mol. The predicted octanol–water partition coefficient (Wildman–Crippen LogP) is 0.418. The van der Waals surface area contributed by atoms with Crippen LogP contribution in [0.3, 0.4) is 0 Å². The second-order valence-corrected chi connectivity index (χ2v) is 6.52. The van der Waals surface area contributed by atoms with Gasteiger partial charge in [0.1, 0.15) is 0 Å². The maximum absolute atomic E-state index is 11.3. The van der Waals surface area contributed by atoms with Gasteiger partial charge in [-0.1, -0.05) is 13.8 Å². The van der Waals surface area contributed by atoms with E-state index in [1.807, 2.05) is 13.8 Å². The van der Waals surface area contributed by atoms with Crippen LogP contribution in [-0.2, 0) is 9.84 Å². The minimum atomic E-state index is -2.89. The van der Waals surface area contributed by atoms with Crippen LogP contribution in [0.15, 0.2) is 0 Å². The number of hydrogen-bond acceptors (Lipinski definition) is 4. The van der Waals surface area contributed by atoms with Crippen molar-refractivity contribution >= 4 is 9.84 Å². The average Bonchev–Trinajstić information content (AvgIpc) is 2.15. The largest absolute Gasteiger partial charge is 0.396 e. The molecule has 15 heavy (non-hydrogen) atoms.